The average Bonchev–Trinajstić information content (AvgIpc) is 2.89. The first-order chi connectivity index (χ1) is 11.9. The standard InChI is InChI=1S/C17H17ClO5S2/c18-16-10-6-9-25(22,23)14(10)5-4-11(16)17(21)15-12(20)2-1-3-13(15)24-8-7-19/h4-5,19H,1-3,6-9H2. The van der Waals surface area contributed by atoms with E-state index < -0.39 is 15.6 Å². The molecule has 134 valence electrons. The average molecular weight is 401 g/mol. The first kappa shape index (κ1) is 18.6. The molecule has 0 saturated heterocycles. The number of sulfone groups is 1. The number of carbonyl (C=O) groups excluding carboxylic acids is 2. The van der Waals surface area contributed by atoms with Crippen LogP contribution in [-0.4, -0.2) is 43.2 Å². The summed E-state index contributed by atoms with van der Waals surface area (Å²) in [5, 5.41) is 9.14. The minimum Gasteiger partial charge on any atom is -0.396 e. The fourth-order valence-electron chi connectivity index (χ4n) is 3.17. The number of rotatable bonds is 5. The molecule has 0 aromatic heterocycles. The van der Waals surface area contributed by atoms with E-state index in [-0.39, 0.29) is 45.6 Å². The van der Waals surface area contributed by atoms with Gasteiger partial charge in [0.1, 0.15) is 0 Å². The molecule has 0 radical (unpaired) electrons. The topological polar surface area (TPSA) is 88.5 Å². The quantitative estimate of drug-likeness (QED) is 0.603. The van der Waals surface area contributed by atoms with Gasteiger partial charge in [0, 0.05) is 17.7 Å². The van der Waals surface area contributed by atoms with E-state index in [0.717, 1.165) is 0 Å². The van der Waals surface area contributed by atoms with E-state index >= 15 is 0 Å². The van der Waals surface area contributed by atoms with E-state index in [1.54, 1.807) is 0 Å². The fourth-order valence-corrected chi connectivity index (χ4v) is 6.09. The normalized spacial score (nSPS) is 19.2. The third kappa shape index (κ3) is 3.43. The number of hydrogen-bond donors (Lipinski definition) is 1. The van der Waals surface area contributed by atoms with Gasteiger partial charge in [-0.2, -0.15) is 0 Å². The van der Waals surface area contributed by atoms with Gasteiger partial charge in [-0.15, -0.1) is 11.8 Å². The van der Waals surface area contributed by atoms with Gasteiger partial charge < -0.3 is 5.11 Å². The van der Waals surface area contributed by atoms with E-state index in [1.807, 2.05) is 0 Å². The maximum absolute atomic E-state index is 13.0. The zero-order chi connectivity index (χ0) is 18.2. The molecule has 0 fully saturated rings. The molecule has 2 aliphatic rings. The number of aliphatic hydroxyl groups excluding tert-OH is 1. The van der Waals surface area contributed by atoms with Crippen LogP contribution in [-0.2, 0) is 21.1 Å². The molecular weight excluding hydrogens is 384 g/mol. The molecule has 1 aromatic rings. The number of Topliss-reactive ketones (excluding diaryl/α,β-unsaturated/α-hetero) is 2. The summed E-state index contributed by atoms with van der Waals surface area (Å²) in [6.07, 6.45) is 1.88. The van der Waals surface area contributed by atoms with Gasteiger partial charge >= 0.3 is 0 Å². The third-order valence-corrected chi connectivity index (χ3v) is 7.73. The summed E-state index contributed by atoms with van der Waals surface area (Å²) in [5.41, 5.74) is 0.762. The van der Waals surface area contributed by atoms with Gasteiger partial charge in [-0.05, 0) is 41.9 Å². The van der Waals surface area contributed by atoms with Crippen LogP contribution in [0.25, 0.3) is 0 Å². The van der Waals surface area contributed by atoms with E-state index in [1.165, 1.54) is 23.9 Å². The first-order valence-corrected chi connectivity index (χ1v) is 11.0. The third-order valence-electron chi connectivity index (χ3n) is 4.36. The Balaban J connectivity index is 2.06. The van der Waals surface area contributed by atoms with Crippen molar-refractivity contribution in [1.82, 2.24) is 0 Å². The highest BCUT2D eigenvalue weighted by Gasteiger charge is 2.33. The Morgan fingerprint density at radius 2 is 2.00 bits per heavy atom. The molecule has 1 heterocycles. The van der Waals surface area contributed by atoms with Crippen molar-refractivity contribution >= 4 is 44.8 Å². The van der Waals surface area contributed by atoms with Crippen molar-refractivity contribution in [3.63, 3.8) is 0 Å². The zero-order valence-corrected chi connectivity index (χ0v) is 15.8. The molecule has 8 heteroatoms. The second-order valence-electron chi connectivity index (χ2n) is 5.95. The number of allylic oxidation sites excluding steroid dienone is 2. The Bertz CT molecular complexity index is 887. The lowest BCUT2D eigenvalue weighted by atomic mass is 9.91. The number of aliphatic hydroxyl groups is 1. The Morgan fingerprint density at radius 1 is 1.24 bits per heavy atom. The minimum atomic E-state index is -3.34. The van der Waals surface area contributed by atoms with E-state index in [9.17, 15) is 18.0 Å². The number of carbonyl (C=O) groups is 2. The molecule has 0 atom stereocenters. The summed E-state index contributed by atoms with van der Waals surface area (Å²) in [7, 11) is -3.34. The van der Waals surface area contributed by atoms with E-state index in [4.69, 9.17) is 16.7 Å². The second-order valence-corrected chi connectivity index (χ2v) is 9.59. The summed E-state index contributed by atoms with van der Waals surface area (Å²) in [5.74, 6) is -0.280. The van der Waals surface area contributed by atoms with Crippen LogP contribution >= 0.6 is 23.4 Å². The molecule has 3 rings (SSSR count). The Kier molecular flexibility index (Phi) is 5.39. The van der Waals surface area contributed by atoms with Crippen molar-refractivity contribution in [2.45, 2.75) is 30.6 Å². The molecule has 0 amide bonds. The van der Waals surface area contributed by atoms with Crippen molar-refractivity contribution < 1.29 is 23.1 Å². The lowest BCUT2D eigenvalue weighted by Gasteiger charge is -2.19. The van der Waals surface area contributed by atoms with Crippen LogP contribution in [0.3, 0.4) is 0 Å². The first-order valence-electron chi connectivity index (χ1n) is 7.95. The van der Waals surface area contributed by atoms with Gasteiger partial charge in [0.05, 0.1) is 27.9 Å². The van der Waals surface area contributed by atoms with Crippen molar-refractivity contribution in [2.24, 2.45) is 0 Å². The Labute approximate surface area is 155 Å². The summed E-state index contributed by atoms with van der Waals surface area (Å²) in [6, 6.07) is 2.81. The minimum absolute atomic E-state index is 0.0150. The van der Waals surface area contributed by atoms with Gasteiger partial charge in [0.25, 0.3) is 0 Å². The van der Waals surface area contributed by atoms with Crippen molar-refractivity contribution in [3.05, 3.63) is 38.8 Å². The summed E-state index contributed by atoms with van der Waals surface area (Å²) < 4.78 is 24.0. The highest BCUT2D eigenvalue weighted by Crippen LogP contribution is 2.37. The molecule has 1 aliphatic heterocycles. The van der Waals surface area contributed by atoms with Gasteiger partial charge in [-0.25, -0.2) is 8.42 Å². The highest BCUT2D eigenvalue weighted by molar-refractivity contribution is 8.03. The zero-order valence-electron chi connectivity index (χ0n) is 13.4. The van der Waals surface area contributed by atoms with E-state index in [0.29, 0.717) is 35.5 Å². The maximum atomic E-state index is 13.0. The fraction of sp³-hybridized carbons (Fsp3) is 0.412. The molecule has 0 saturated carbocycles. The molecule has 5 nitrogen and oxygen atoms in total. The monoisotopic (exact) mass is 400 g/mol. The largest absolute Gasteiger partial charge is 0.396 e. The van der Waals surface area contributed by atoms with Crippen molar-refractivity contribution in [1.29, 1.82) is 0 Å². The maximum Gasteiger partial charge on any atom is 0.198 e. The molecule has 25 heavy (non-hydrogen) atoms. The summed E-state index contributed by atoms with van der Waals surface area (Å²) in [4.78, 5) is 26.2. The van der Waals surface area contributed by atoms with Crippen LogP contribution in [0.4, 0.5) is 0 Å². The van der Waals surface area contributed by atoms with Crippen LogP contribution in [0.5, 0.6) is 0 Å². The second kappa shape index (κ2) is 7.23. The predicted molar refractivity (Wildman–Crippen MR) is 97.0 cm³/mol. The number of hydrogen-bond acceptors (Lipinski definition) is 6. The number of thioether (sulfide) groups is 1. The van der Waals surface area contributed by atoms with Crippen LogP contribution < -0.4 is 0 Å². The molecular formula is C17H17ClO5S2. The number of ketones is 2. The van der Waals surface area contributed by atoms with Crippen LogP contribution in [0.15, 0.2) is 27.5 Å². The van der Waals surface area contributed by atoms with Crippen LogP contribution in [0.2, 0.25) is 5.02 Å². The highest BCUT2D eigenvalue weighted by atomic mass is 35.5. The van der Waals surface area contributed by atoms with Gasteiger partial charge in [-0.3, -0.25) is 9.59 Å². The Hall–Kier alpha value is -1.15. The lowest BCUT2D eigenvalue weighted by Crippen LogP contribution is -2.19. The van der Waals surface area contributed by atoms with Gasteiger partial charge in [-0.1, -0.05) is 11.6 Å². The molecule has 1 aromatic carbocycles. The summed E-state index contributed by atoms with van der Waals surface area (Å²) in [6.45, 7) is -0.0404. The SMILES string of the molecule is O=C1CCCC(SCCO)=C1C(=O)c1ccc2c(c1Cl)CCS2(=O)=O. The Morgan fingerprint density at radius 3 is 2.72 bits per heavy atom. The lowest BCUT2D eigenvalue weighted by molar-refractivity contribution is -0.115. The van der Waals surface area contributed by atoms with Crippen molar-refractivity contribution in [3.8, 4) is 0 Å². The molecule has 0 spiro atoms. The predicted octanol–water partition coefficient (Wildman–Crippen LogP) is 2.59. The van der Waals surface area contributed by atoms with Gasteiger partial charge in [0.15, 0.2) is 21.4 Å². The molecule has 1 N–H and O–H groups in total. The summed E-state index contributed by atoms with van der Waals surface area (Å²) >= 11 is 7.64. The number of fused-ring (bicyclic) bond motifs is 1. The van der Waals surface area contributed by atoms with E-state index in [2.05, 4.69) is 0 Å². The van der Waals surface area contributed by atoms with Crippen LogP contribution in [0, 0.1) is 0 Å². The molecule has 1 aliphatic carbocycles. The number of halogens is 1. The number of benzene rings is 1. The molecule has 0 bridgehead atoms. The van der Waals surface area contributed by atoms with Gasteiger partial charge in [0.2, 0.25) is 0 Å². The van der Waals surface area contributed by atoms with Crippen molar-refractivity contribution in [2.75, 3.05) is 18.1 Å². The van der Waals surface area contributed by atoms with Crippen LogP contribution in [0.1, 0.15) is 35.2 Å². The molecule has 0 unspecified atom stereocenters. The smallest absolute Gasteiger partial charge is 0.198 e.